The maximum atomic E-state index is 11.5. The van der Waals surface area contributed by atoms with Gasteiger partial charge in [0.05, 0.1) is 13.2 Å². The van der Waals surface area contributed by atoms with Crippen molar-refractivity contribution in [3.05, 3.63) is 48.0 Å². The molecule has 1 aromatic rings. The first-order valence-corrected chi connectivity index (χ1v) is 7.67. The highest BCUT2D eigenvalue weighted by Crippen LogP contribution is 2.02. The summed E-state index contributed by atoms with van der Waals surface area (Å²) < 4.78 is 14.7. The van der Waals surface area contributed by atoms with Gasteiger partial charge in [0.2, 0.25) is 0 Å². The lowest BCUT2D eigenvalue weighted by Gasteiger charge is -2.05. The SMILES string of the molecule is C=C(C)C(=O)OCCCCC(=O)OC(=O)COCc1ccccc1. The van der Waals surface area contributed by atoms with E-state index in [0.717, 1.165) is 5.56 Å². The topological polar surface area (TPSA) is 78.9 Å². The molecular formula is C18H22O6. The molecule has 0 amide bonds. The summed E-state index contributed by atoms with van der Waals surface area (Å²) in [7, 11) is 0. The minimum atomic E-state index is -0.718. The Labute approximate surface area is 141 Å². The summed E-state index contributed by atoms with van der Waals surface area (Å²) in [5.41, 5.74) is 1.26. The van der Waals surface area contributed by atoms with E-state index in [9.17, 15) is 14.4 Å². The number of esters is 3. The summed E-state index contributed by atoms with van der Waals surface area (Å²) in [5, 5.41) is 0. The van der Waals surface area contributed by atoms with Gasteiger partial charge in [0.15, 0.2) is 0 Å². The molecule has 0 spiro atoms. The standard InChI is InChI=1S/C18H22O6/c1-14(2)18(21)23-11-7-6-10-16(19)24-17(20)13-22-12-15-8-4-3-5-9-15/h3-5,8-9H,1,6-7,10-13H2,2H3. The lowest BCUT2D eigenvalue weighted by atomic mass is 10.2. The minimum absolute atomic E-state index is 0.0784. The van der Waals surface area contributed by atoms with Gasteiger partial charge in [0.25, 0.3) is 0 Å². The van der Waals surface area contributed by atoms with Gasteiger partial charge < -0.3 is 14.2 Å². The van der Waals surface area contributed by atoms with E-state index in [1.54, 1.807) is 6.92 Å². The third-order valence-electron chi connectivity index (χ3n) is 2.92. The maximum Gasteiger partial charge on any atom is 0.339 e. The van der Waals surface area contributed by atoms with Crippen molar-refractivity contribution in [3.8, 4) is 0 Å². The van der Waals surface area contributed by atoms with Crippen LogP contribution in [-0.4, -0.2) is 31.1 Å². The van der Waals surface area contributed by atoms with Gasteiger partial charge in [-0.1, -0.05) is 36.9 Å². The first-order chi connectivity index (χ1) is 11.5. The van der Waals surface area contributed by atoms with Crippen molar-refractivity contribution in [3.63, 3.8) is 0 Å². The molecule has 1 rings (SSSR count). The average Bonchev–Trinajstić information content (AvgIpc) is 2.55. The second kappa shape index (κ2) is 11.1. The highest BCUT2D eigenvalue weighted by atomic mass is 16.6. The first kappa shape index (κ1) is 19.6. The summed E-state index contributed by atoms with van der Waals surface area (Å²) in [6, 6.07) is 9.37. The number of unbranched alkanes of at least 4 members (excludes halogenated alkanes) is 1. The summed E-state index contributed by atoms with van der Waals surface area (Å²) >= 11 is 0. The second-order valence-corrected chi connectivity index (χ2v) is 5.20. The molecule has 0 atom stereocenters. The van der Waals surface area contributed by atoms with E-state index in [1.807, 2.05) is 30.3 Å². The van der Waals surface area contributed by atoms with Crippen LogP contribution in [0.2, 0.25) is 0 Å². The van der Waals surface area contributed by atoms with Gasteiger partial charge in [0.1, 0.15) is 6.61 Å². The van der Waals surface area contributed by atoms with Crippen molar-refractivity contribution < 1.29 is 28.6 Å². The lowest BCUT2D eigenvalue weighted by Crippen LogP contribution is -2.17. The van der Waals surface area contributed by atoms with Crippen LogP contribution in [0, 0.1) is 0 Å². The fraction of sp³-hybridized carbons (Fsp3) is 0.389. The van der Waals surface area contributed by atoms with Gasteiger partial charge in [-0.05, 0) is 25.3 Å². The van der Waals surface area contributed by atoms with Crippen LogP contribution < -0.4 is 0 Å². The van der Waals surface area contributed by atoms with E-state index in [-0.39, 0.29) is 26.2 Å². The molecule has 1 aromatic carbocycles. The zero-order valence-electron chi connectivity index (χ0n) is 13.8. The van der Waals surface area contributed by atoms with Crippen LogP contribution in [0.25, 0.3) is 0 Å². The molecule has 0 radical (unpaired) electrons. The van der Waals surface area contributed by atoms with Gasteiger partial charge in [-0.2, -0.15) is 0 Å². The van der Waals surface area contributed by atoms with E-state index >= 15 is 0 Å². The quantitative estimate of drug-likeness (QED) is 0.283. The molecule has 6 nitrogen and oxygen atoms in total. The Morgan fingerprint density at radius 2 is 1.75 bits per heavy atom. The monoisotopic (exact) mass is 334 g/mol. The minimum Gasteiger partial charge on any atom is -0.462 e. The molecule has 130 valence electrons. The highest BCUT2D eigenvalue weighted by molar-refractivity contribution is 5.87. The van der Waals surface area contributed by atoms with Crippen molar-refractivity contribution in [1.82, 2.24) is 0 Å². The predicted molar refractivity (Wildman–Crippen MR) is 86.8 cm³/mol. The fourth-order valence-corrected chi connectivity index (χ4v) is 1.69. The number of carbonyl (C=O) groups excluding carboxylic acids is 3. The van der Waals surface area contributed by atoms with Crippen LogP contribution in [0.4, 0.5) is 0 Å². The van der Waals surface area contributed by atoms with E-state index in [0.29, 0.717) is 18.4 Å². The lowest BCUT2D eigenvalue weighted by molar-refractivity contribution is -0.163. The average molecular weight is 334 g/mol. The van der Waals surface area contributed by atoms with Crippen LogP contribution >= 0.6 is 0 Å². The molecule has 0 N–H and O–H groups in total. The van der Waals surface area contributed by atoms with Crippen LogP contribution in [-0.2, 0) is 35.2 Å². The Kier molecular flexibility index (Phi) is 9.07. The predicted octanol–water partition coefficient (Wildman–Crippen LogP) is 2.56. The van der Waals surface area contributed by atoms with E-state index in [1.165, 1.54) is 0 Å². The molecule has 6 heteroatoms. The third-order valence-corrected chi connectivity index (χ3v) is 2.92. The van der Waals surface area contributed by atoms with Gasteiger partial charge in [-0.15, -0.1) is 0 Å². The number of benzene rings is 1. The molecule has 0 aromatic heterocycles. The molecule has 0 aliphatic carbocycles. The van der Waals surface area contributed by atoms with Crippen LogP contribution in [0.3, 0.4) is 0 Å². The van der Waals surface area contributed by atoms with Crippen molar-refractivity contribution in [2.75, 3.05) is 13.2 Å². The Balaban J connectivity index is 2.06. The van der Waals surface area contributed by atoms with E-state index < -0.39 is 17.9 Å². The van der Waals surface area contributed by atoms with Gasteiger partial charge in [-0.3, -0.25) is 4.79 Å². The summed E-state index contributed by atoms with van der Waals surface area (Å²) in [6.45, 7) is 5.22. The zero-order chi connectivity index (χ0) is 17.8. The van der Waals surface area contributed by atoms with Gasteiger partial charge in [0, 0.05) is 12.0 Å². The number of rotatable bonds is 10. The Morgan fingerprint density at radius 1 is 1.04 bits per heavy atom. The van der Waals surface area contributed by atoms with Crippen molar-refractivity contribution in [1.29, 1.82) is 0 Å². The normalized spacial score (nSPS) is 10.0. The van der Waals surface area contributed by atoms with Gasteiger partial charge in [-0.25, -0.2) is 9.59 Å². The number of ether oxygens (including phenoxy) is 3. The molecule has 0 aliphatic rings. The molecular weight excluding hydrogens is 312 g/mol. The summed E-state index contributed by atoms with van der Waals surface area (Å²) in [5.74, 6) is -1.79. The summed E-state index contributed by atoms with van der Waals surface area (Å²) in [6.07, 6.45) is 1.04. The molecule has 0 bridgehead atoms. The first-order valence-electron chi connectivity index (χ1n) is 7.67. The molecule has 0 aliphatic heterocycles. The Hall–Kier alpha value is -2.47. The summed E-state index contributed by atoms with van der Waals surface area (Å²) in [4.78, 5) is 34.0. The fourth-order valence-electron chi connectivity index (χ4n) is 1.69. The van der Waals surface area contributed by atoms with Gasteiger partial charge >= 0.3 is 17.9 Å². The van der Waals surface area contributed by atoms with E-state index in [2.05, 4.69) is 11.3 Å². The molecule has 0 saturated carbocycles. The number of carbonyl (C=O) groups is 3. The molecule has 0 saturated heterocycles. The second-order valence-electron chi connectivity index (χ2n) is 5.20. The van der Waals surface area contributed by atoms with Crippen LogP contribution in [0.15, 0.2) is 42.5 Å². The molecule has 0 heterocycles. The van der Waals surface area contributed by atoms with E-state index in [4.69, 9.17) is 9.47 Å². The number of hydrogen-bond donors (Lipinski definition) is 0. The smallest absolute Gasteiger partial charge is 0.339 e. The number of hydrogen-bond acceptors (Lipinski definition) is 6. The van der Waals surface area contributed by atoms with Crippen molar-refractivity contribution >= 4 is 17.9 Å². The molecule has 0 unspecified atom stereocenters. The Morgan fingerprint density at radius 3 is 2.42 bits per heavy atom. The highest BCUT2D eigenvalue weighted by Gasteiger charge is 2.11. The van der Waals surface area contributed by atoms with Crippen LogP contribution in [0.1, 0.15) is 31.7 Å². The van der Waals surface area contributed by atoms with Crippen molar-refractivity contribution in [2.45, 2.75) is 32.8 Å². The van der Waals surface area contributed by atoms with Crippen molar-refractivity contribution in [2.24, 2.45) is 0 Å². The molecule has 24 heavy (non-hydrogen) atoms. The third kappa shape index (κ3) is 8.85. The Bertz CT molecular complexity index is 564. The van der Waals surface area contributed by atoms with Crippen LogP contribution in [0.5, 0.6) is 0 Å². The largest absolute Gasteiger partial charge is 0.462 e. The molecule has 0 fully saturated rings. The maximum absolute atomic E-state index is 11.5. The zero-order valence-corrected chi connectivity index (χ0v) is 13.8.